The van der Waals surface area contributed by atoms with E-state index in [4.69, 9.17) is 16.3 Å². The van der Waals surface area contributed by atoms with E-state index in [1.165, 1.54) is 30.5 Å². The lowest BCUT2D eigenvalue weighted by atomic mass is 10.1. The normalized spacial score (nSPS) is 23.8. The van der Waals surface area contributed by atoms with Gasteiger partial charge in [-0.3, -0.25) is 4.90 Å². The quantitative estimate of drug-likeness (QED) is 0.768. The molecule has 2 nitrogen and oxygen atoms in total. The maximum absolute atomic E-state index is 6.19. The van der Waals surface area contributed by atoms with Crippen LogP contribution in [0.4, 0.5) is 0 Å². The van der Waals surface area contributed by atoms with Gasteiger partial charge < -0.3 is 4.74 Å². The Morgan fingerprint density at radius 1 is 1.44 bits per heavy atom. The predicted molar refractivity (Wildman–Crippen MR) is 77.9 cm³/mol. The number of halogens is 2. The van der Waals surface area contributed by atoms with Gasteiger partial charge in [0.25, 0.3) is 0 Å². The largest absolute Gasteiger partial charge is 0.493 e. The molecule has 3 rings (SSSR count). The topological polar surface area (TPSA) is 12.5 Å². The van der Waals surface area contributed by atoms with Crippen LogP contribution in [0.25, 0.3) is 0 Å². The smallest absolute Gasteiger partial charge is 0.127 e. The van der Waals surface area contributed by atoms with Crippen LogP contribution < -0.4 is 4.74 Å². The Labute approximate surface area is 121 Å². The highest BCUT2D eigenvalue weighted by atomic mass is 79.9. The Hall–Kier alpha value is -0.250. The lowest BCUT2D eigenvalue weighted by Gasteiger charge is -2.30. The van der Waals surface area contributed by atoms with Crippen molar-refractivity contribution < 1.29 is 4.74 Å². The van der Waals surface area contributed by atoms with Gasteiger partial charge in [-0.25, -0.2) is 0 Å². The summed E-state index contributed by atoms with van der Waals surface area (Å²) in [5.41, 5.74) is 2.52. The molecule has 4 heteroatoms. The highest BCUT2D eigenvalue weighted by molar-refractivity contribution is 9.09. The van der Waals surface area contributed by atoms with Gasteiger partial charge in [-0.05, 0) is 37.1 Å². The SMILES string of the molecule is Clc1cc2c(c(CN3CCCC(Br)C3)c1)OCC2. The number of piperidine rings is 1. The molecular weight excluding hydrogens is 314 g/mol. The molecule has 0 radical (unpaired) electrons. The minimum atomic E-state index is 0.624. The average molecular weight is 331 g/mol. The van der Waals surface area contributed by atoms with Crippen molar-refractivity contribution in [2.75, 3.05) is 19.7 Å². The third-order valence-electron chi connectivity index (χ3n) is 3.67. The third-order valence-corrected chi connectivity index (χ3v) is 4.63. The molecule has 0 aliphatic carbocycles. The number of fused-ring (bicyclic) bond motifs is 1. The fourth-order valence-electron chi connectivity index (χ4n) is 2.85. The molecule has 1 aromatic rings. The Kier molecular flexibility index (Phi) is 3.83. The molecular formula is C14H17BrClNO. The van der Waals surface area contributed by atoms with Gasteiger partial charge in [-0.2, -0.15) is 0 Å². The van der Waals surface area contributed by atoms with Crippen molar-refractivity contribution in [3.63, 3.8) is 0 Å². The second-order valence-electron chi connectivity index (χ2n) is 5.13. The third kappa shape index (κ3) is 2.68. The van der Waals surface area contributed by atoms with Crippen molar-refractivity contribution in [1.82, 2.24) is 4.90 Å². The fourth-order valence-corrected chi connectivity index (χ4v) is 3.84. The van der Waals surface area contributed by atoms with Gasteiger partial charge in [0.05, 0.1) is 6.61 Å². The Bertz CT molecular complexity index is 452. The zero-order chi connectivity index (χ0) is 12.5. The predicted octanol–water partition coefficient (Wildman–Crippen LogP) is 3.63. The number of hydrogen-bond donors (Lipinski definition) is 0. The van der Waals surface area contributed by atoms with Gasteiger partial charge >= 0.3 is 0 Å². The maximum Gasteiger partial charge on any atom is 0.127 e. The first-order valence-corrected chi connectivity index (χ1v) is 7.82. The average Bonchev–Trinajstić information content (AvgIpc) is 2.77. The van der Waals surface area contributed by atoms with E-state index in [0.29, 0.717) is 4.83 Å². The molecule has 0 saturated carbocycles. The van der Waals surface area contributed by atoms with E-state index in [-0.39, 0.29) is 0 Å². The highest BCUT2D eigenvalue weighted by Gasteiger charge is 2.22. The number of hydrogen-bond acceptors (Lipinski definition) is 2. The molecule has 2 heterocycles. The first kappa shape index (κ1) is 12.8. The van der Waals surface area contributed by atoms with Gasteiger partial charge in [0.2, 0.25) is 0 Å². The number of ether oxygens (including phenoxy) is 1. The molecule has 2 aliphatic heterocycles. The highest BCUT2D eigenvalue weighted by Crippen LogP contribution is 2.34. The molecule has 1 unspecified atom stereocenters. The number of nitrogens with zero attached hydrogens (tertiary/aromatic N) is 1. The van der Waals surface area contributed by atoms with Gasteiger partial charge in [0.15, 0.2) is 0 Å². The van der Waals surface area contributed by atoms with E-state index >= 15 is 0 Å². The molecule has 1 atom stereocenters. The summed E-state index contributed by atoms with van der Waals surface area (Å²) in [7, 11) is 0. The van der Waals surface area contributed by atoms with Crippen molar-refractivity contribution in [2.24, 2.45) is 0 Å². The Morgan fingerprint density at radius 3 is 3.17 bits per heavy atom. The fraction of sp³-hybridized carbons (Fsp3) is 0.571. The van der Waals surface area contributed by atoms with Crippen LogP contribution in [0.2, 0.25) is 5.02 Å². The van der Waals surface area contributed by atoms with Crippen LogP contribution in [0.1, 0.15) is 24.0 Å². The first-order valence-electron chi connectivity index (χ1n) is 6.53. The number of rotatable bonds is 2. The molecule has 1 aromatic carbocycles. The van der Waals surface area contributed by atoms with Gasteiger partial charge in [-0.1, -0.05) is 27.5 Å². The van der Waals surface area contributed by atoms with Crippen LogP contribution in [0.15, 0.2) is 12.1 Å². The Morgan fingerprint density at radius 2 is 2.33 bits per heavy atom. The van der Waals surface area contributed by atoms with Crippen LogP contribution in [-0.2, 0) is 13.0 Å². The van der Waals surface area contributed by atoms with E-state index in [9.17, 15) is 0 Å². The summed E-state index contributed by atoms with van der Waals surface area (Å²) in [4.78, 5) is 3.11. The molecule has 0 aromatic heterocycles. The number of likely N-dealkylation sites (tertiary alicyclic amines) is 1. The second kappa shape index (κ2) is 5.40. The summed E-state index contributed by atoms with van der Waals surface area (Å²) < 4.78 is 5.76. The summed E-state index contributed by atoms with van der Waals surface area (Å²) in [6, 6.07) is 4.10. The second-order valence-corrected chi connectivity index (χ2v) is 6.86. The van der Waals surface area contributed by atoms with Gasteiger partial charge in [-0.15, -0.1) is 0 Å². The summed E-state index contributed by atoms with van der Waals surface area (Å²) in [5.74, 6) is 1.08. The van der Waals surface area contributed by atoms with E-state index < -0.39 is 0 Å². The molecule has 18 heavy (non-hydrogen) atoms. The van der Waals surface area contributed by atoms with Crippen LogP contribution in [-0.4, -0.2) is 29.4 Å². The first-order chi connectivity index (χ1) is 8.72. The summed E-state index contributed by atoms with van der Waals surface area (Å²) in [5, 5.41) is 0.835. The minimum Gasteiger partial charge on any atom is -0.493 e. The van der Waals surface area contributed by atoms with Crippen molar-refractivity contribution in [3.8, 4) is 5.75 Å². The molecule has 1 fully saturated rings. The molecule has 0 amide bonds. The molecule has 0 bridgehead atoms. The molecule has 2 aliphatic rings. The Balaban J connectivity index is 1.80. The molecule has 0 N–H and O–H groups in total. The van der Waals surface area contributed by atoms with Gasteiger partial charge in [0, 0.05) is 34.9 Å². The number of benzene rings is 1. The summed E-state index contributed by atoms with van der Waals surface area (Å²) in [6.45, 7) is 4.03. The van der Waals surface area contributed by atoms with Crippen molar-refractivity contribution in [2.45, 2.75) is 30.6 Å². The molecule has 0 spiro atoms. The van der Waals surface area contributed by atoms with Crippen LogP contribution in [0, 0.1) is 0 Å². The molecule has 98 valence electrons. The summed E-state index contributed by atoms with van der Waals surface area (Å²) >= 11 is 9.91. The number of alkyl halides is 1. The maximum atomic E-state index is 6.19. The summed E-state index contributed by atoms with van der Waals surface area (Å²) in [6.07, 6.45) is 3.53. The van der Waals surface area contributed by atoms with Crippen molar-refractivity contribution in [1.29, 1.82) is 0 Å². The minimum absolute atomic E-state index is 0.624. The van der Waals surface area contributed by atoms with E-state index in [0.717, 1.165) is 36.9 Å². The standard InChI is InChI=1S/C14H17BrClNO/c15-12-2-1-4-17(9-12)8-11-7-13(16)6-10-3-5-18-14(10)11/h6-7,12H,1-5,8-9H2. The van der Waals surface area contributed by atoms with Crippen LogP contribution in [0.3, 0.4) is 0 Å². The van der Waals surface area contributed by atoms with E-state index in [1.807, 2.05) is 6.07 Å². The monoisotopic (exact) mass is 329 g/mol. The van der Waals surface area contributed by atoms with E-state index in [2.05, 4.69) is 26.9 Å². The van der Waals surface area contributed by atoms with Crippen molar-refractivity contribution in [3.05, 3.63) is 28.3 Å². The zero-order valence-corrected chi connectivity index (χ0v) is 12.6. The van der Waals surface area contributed by atoms with Crippen LogP contribution >= 0.6 is 27.5 Å². The lowest BCUT2D eigenvalue weighted by Crippen LogP contribution is -2.35. The zero-order valence-electron chi connectivity index (χ0n) is 10.3. The van der Waals surface area contributed by atoms with Crippen LogP contribution in [0.5, 0.6) is 5.75 Å². The van der Waals surface area contributed by atoms with Crippen molar-refractivity contribution >= 4 is 27.5 Å². The van der Waals surface area contributed by atoms with E-state index in [1.54, 1.807) is 0 Å². The lowest BCUT2D eigenvalue weighted by molar-refractivity contribution is 0.224. The van der Waals surface area contributed by atoms with Gasteiger partial charge in [0.1, 0.15) is 5.75 Å². The molecule has 1 saturated heterocycles.